The van der Waals surface area contributed by atoms with Crippen molar-refractivity contribution in [3.63, 3.8) is 0 Å². The molecule has 4 rings (SSSR count). The number of hydrogen-bond donors (Lipinski definition) is 0. The minimum absolute atomic E-state index is 0.744. The van der Waals surface area contributed by atoms with Gasteiger partial charge in [-0.1, -0.05) is 23.5 Å². The Hall–Kier alpha value is -1.17. The molecule has 3 heterocycles. The third kappa shape index (κ3) is 3.12. The number of anilines is 1. The van der Waals surface area contributed by atoms with Gasteiger partial charge in [-0.3, -0.25) is 0 Å². The molecule has 2 fully saturated rings. The van der Waals surface area contributed by atoms with Crippen LogP contribution < -0.4 is 4.90 Å². The summed E-state index contributed by atoms with van der Waals surface area (Å²) in [5.74, 6) is 0.744. The van der Waals surface area contributed by atoms with E-state index in [2.05, 4.69) is 34.1 Å². The summed E-state index contributed by atoms with van der Waals surface area (Å²) in [7, 11) is 0. The fraction of sp³-hybridized carbons (Fsp3) is 0.588. The van der Waals surface area contributed by atoms with Crippen molar-refractivity contribution in [2.75, 3.05) is 50.8 Å². The van der Waals surface area contributed by atoms with Crippen LogP contribution in [0.5, 0.6) is 0 Å². The number of thiazole rings is 1. The van der Waals surface area contributed by atoms with Gasteiger partial charge in [0.05, 0.1) is 16.8 Å². The molecule has 1 aromatic heterocycles. The minimum atomic E-state index is 0.744. The summed E-state index contributed by atoms with van der Waals surface area (Å²) in [5, 5.41) is 1.19. The zero-order valence-corrected chi connectivity index (χ0v) is 13.7. The zero-order chi connectivity index (χ0) is 14.8. The molecular weight excluding hydrogens is 294 g/mol. The minimum Gasteiger partial charge on any atom is -0.381 e. The molecule has 2 aliphatic rings. The van der Waals surface area contributed by atoms with Crippen molar-refractivity contribution in [3.05, 3.63) is 24.3 Å². The van der Waals surface area contributed by atoms with Gasteiger partial charge in [0.2, 0.25) is 0 Å². The third-order valence-electron chi connectivity index (χ3n) is 4.68. The van der Waals surface area contributed by atoms with E-state index >= 15 is 0 Å². The molecule has 5 heteroatoms. The summed E-state index contributed by atoms with van der Waals surface area (Å²) in [6, 6.07) is 8.44. The molecule has 0 bridgehead atoms. The topological polar surface area (TPSA) is 28.6 Å². The third-order valence-corrected chi connectivity index (χ3v) is 5.78. The maximum Gasteiger partial charge on any atom is 0.186 e. The highest BCUT2D eigenvalue weighted by Gasteiger charge is 2.22. The first-order valence-corrected chi connectivity index (χ1v) is 9.11. The summed E-state index contributed by atoms with van der Waals surface area (Å²) in [6.07, 6.45) is 2.46. The van der Waals surface area contributed by atoms with E-state index in [0.717, 1.165) is 44.3 Å². The van der Waals surface area contributed by atoms with Crippen molar-refractivity contribution >= 4 is 26.7 Å². The van der Waals surface area contributed by atoms with Gasteiger partial charge in [-0.05, 0) is 37.4 Å². The van der Waals surface area contributed by atoms with Crippen molar-refractivity contribution < 1.29 is 4.74 Å². The quantitative estimate of drug-likeness (QED) is 0.870. The van der Waals surface area contributed by atoms with Gasteiger partial charge >= 0.3 is 0 Å². The summed E-state index contributed by atoms with van der Waals surface area (Å²) >= 11 is 1.82. The van der Waals surface area contributed by atoms with Gasteiger partial charge in [0, 0.05) is 32.8 Å². The lowest BCUT2D eigenvalue weighted by atomic mass is 10.1. The normalized spacial score (nSPS) is 24.0. The second-order valence-corrected chi connectivity index (χ2v) is 7.34. The van der Waals surface area contributed by atoms with Crippen LogP contribution in [-0.2, 0) is 4.74 Å². The second-order valence-electron chi connectivity index (χ2n) is 6.33. The van der Waals surface area contributed by atoms with Crippen LogP contribution in [0, 0.1) is 5.92 Å². The molecule has 0 saturated carbocycles. The molecule has 1 aromatic carbocycles. The van der Waals surface area contributed by atoms with Gasteiger partial charge in [-0.15, -0.1) is 0 Å². The standard InChI is InChI=1S/C17H23N3OS/c1-2-5-16-15(4-1)18-17(22-16)20-8-3-7-19(9-10-20)12-14-6-11-21-13-14/h1-2,4-5,14H,3,6-13H2/t14-/m1/s1. The van der Waals surface area contributed by atoms with Crippen molar-refractivity contribution in [3.8, 4) is 0 Å². The number of fused-ring (bicyclic) bond motifs is 1. The Kier molecular flexibility index (Phi) is 4.28. The SMILES string of the molecule is c1ccc2sc(N3CCCN(C[C@H]4CCOC4)CC3)nc2c1. The Balaban J connectivity index is 1.41. The number of nitrogens with zero attached hydrogens (tertiary/aromatic N) is 3. The molecule has 2 aromatic rings. The number of benzene rings is 1. The highest BCUT2D eigenvalue weighted by Crippen LogP contribution is 2.29. The molecule has 0 N–H and O–H groups in total. The van der Waals surface area contributed by atoms with Crippen molar-refractivity contribution in [1.82, 2.24) is 9.88 Å². The van der Waals surface area contributed by atoms with Gasteiger partial charge in [0.25, 0.3) is 0 Å². The molecule has 0 aliphatic carbocycles. The molecule has 2 saturated heterocycles. The molecule has 22 heavy (non-hydrogen) atoms. The van der Waals surface area contributed by atoms with E-state index < -0.39 is 0 Å². The van der Waals surface area contributed by atoms with Gasteiger partial charge in [-0.2, -0.15) is 0 Å². The van der Waals surface area contributed by atoms with Crippen molar-refractivity contribution in [1.29, 1.82) is 0 Å². The predicted octanol–water partition coefficient (Wildman–Crippen LogP) is 2.84. The van der Waals surface area contributed by atoms with E-state index in [1.54, 1.807) is 0 Å². The summed E-state index contributed by atoms with van der Waals surface area (Å²) in [4.78, 5) is 9.90. The highest BCUT2D eigenvalue weighted by molar-refractivity contribution is 7.22. The number of aromatic nitrogens is 1. The van der Waals surface area contributed by atoms with E-state index in [0.29, 0.717) is 0 Å². The first kappa shape index (κ1) is 14.4. The Morgan fingerprint density at radius 1 is 1.18 bits per heavy atom. The number of hydrogen-bond acceptors (Lipinski definition) is 5. The van der Waals surface area contributed by atoms with E-state index in [1.165, 1.54) is 35.8 Å². The van der Waals surface area contributed by atoms with Gasteiger partial charge in [0.1, 0.15) is 0 Å². The Labute approximate surface area is 135 Å². The number of rotatable bonds is 3. The van der Waals surface area contributed by atoms with E-state index in [9.17, 15) is 0 Å². The predicted molar refractivity (Wildman–Crippen MR) is 91.8 cm³/mol. The fourth-order valence-electron chi connectivity index (χ4n) is 3.43. The first-order chi connectivity index (χ1) is 10.9. The van der Waals surface area contributed by atoms with Crippen LogP contribution >= 0.6 is 11.3 Å². The lowest BCUT2D eigenvalue weighted by Crippen LogP contribution is -2.34. The van der Waals surface area contributed by atoms with Crippen LogP contribution in [0.3, 0.4) is 0 Å². The van der Waals surface area contributed by atoms with Crippen LogP contribution in [0.15, 0.2) is 24.3 Å². The Bertz CT molecular complexity index is 590. The van der Waals surface area contributed by atoms with Crippen LogP contribution in [0.25, 0.3) is 10.2 Å². The lowest BCUT2D eigenvalue weighted by molar-refractivity contribution is 0.169. The maximum atomic E-state index is 5.51. The van der Waals surface area contributed by atoms with Crippen LogP contribution in [0.2, 0.25) is 0 Å². The van der Waals surface area contributed by atoms with Crippen LogP contribution in [0.4, 0.5) is 5.13 Å². The first-order valence-electron chi connectivity index (χ1n) is 8.29. The van der Waals surface area contributed by atoms with Crippen molar-refractivity contribution in [2.24, 2.45) is 5.92 Å². The van der Waals surface area contributed by atoms with E-state index in [-0.39, 0.29) is 0 Å². The van der Waals surface area contributed by atoms with Crippen LogP contribution in [-0.4, -0.2) is 55.8 Å². The smallest absolute Gasteiger partial charge is 0.186 e. The molecule has 0 amide bonds. The molecule has 0 unspecified atom stereocenters. The average Bonchev–Trinajstić information content (AvgIpc) is 3.13. The molecule has 0 radical (unpaired) electrons. The molecule has 118 valence electrons. The highest BCUT2D eigenvalue weighted by atomic mass is 32.1. The van der Waals surface area contributed by atoms with E-state index in [4.69, 9.17) is 9.72 Å². The van der Waals surface area contributed by atoms with Gasteiger partial charge < -0.3 is 14.5 Å². The summed E-state index contributed by atoms with van der Waals surface area (Å²) < 4.78 is 6.80. The molecule has 0 spiro atoms. The molecule has 1 atom stereocenters. The maximum absolute atomic E-state index is 5.51. The van der Waals surface area contributed by atoms with E-state index in [1.807, 2.05) is 11.3 Å². The molecule has 2 aliphatic heterocycles. The largest absolute Gasteiger partial charge is 0.381 e. The van der Waals surface area contributed by atoms with Crippen LogP contribution in [0.1, 0.15) is 12.8 Å². The second kappa shape index (κ2) is 6.52. The molecule has 4 nitrogen and oxygen atoms in total. The fourth-order valence-corrected chi connectivity index (χ4v) is 4.45. The number of para-hydroxylation sites is 1. The Morgan fingerprint density at radius 3 is 3.00 bits per heavy atom. The summed E-state index contributed by atoms with van der Waals surface area (Å²) in [5.41, 5.74) is 1.13. The Morgan fingerprint density at radius 2 is 2.14 bits per heavy atom. The molecular formula is C17H23N3OS. The number of ether oxygens (including phenoxy) is 1. The van der Waals surface area contributed by atoms with Gasteiger partial charge in [0.15, 0.2) is 5.13 Å². The summed E-state index contributed by atoms with van der Waals surface area (Å²) in [6.45, 7) is 7.68. The van der Waals surface area contributed by atoms with Crippen molar-refractivity contribution in [2.45, 2.75) is 12.8 Å². The van der Waals surface area contributed by atoms with Gasteiger partial charge in [-0.25, -0.2) is 4.98 Å². The average molecular weight is 317 g/mol. The zero-order valence-electron chi connectivity index (χ0n) is 12.9. The lowest BCUT2D eigenvalue weighted by Gasteiger charge is -2.23. The monoisotopic (exact) mass is 317 g/mol.